The summed E-state index contributed by atoms with van der Waals surface area (Å²) in [4.78, 5) is 14.1. The Morgan fingerprint density at radius 2 is 1.95 bits per heavy atom. The number of carbonyl (C=O) groups excluding carboxylic acids is 1. The lowest BCUT2D eigenvalue weighted by Crippen LogP contribution is -2.54. The number of rotatable bonds is 5. The first-order valence-electron chi connectivity index (χ1n) is 7.77. The van der Waals surface area contributed by atoms with Gasteiger partial charge in [-0.1, -0.05) is 6.92 Å². The highest BCUT2D eigenvalue weighted by molar-refractivity contribution is 5.74. The fraction of sp³-hybridized carbons (Fsp3) is 0.933. The Bertz CT molecular complexity index is 323. The number of piperidine rings is 1. The number of likely N-dealkylation sites (tertiary alicyclic amines) is 1. The highest BCUT2D eigenvalue weighted by Crippen LogP contribution is 2.35. The largest absolute Gasteiger partial charge is 0.396 e. The molecule has 20 heavy (non-hydrogen) atoms. The molecule has 2 aliphatic rings. The highest BCUT2D eigenvalue weighted by Gasteiger charge is 2.38. The van der Waals surface area contributed by atoms with Crippen molar-refractivity contribution in [2.24, 2.45) is 5.41 Å². The minimum atomic E-state index is -0.121. The van der Waals surface area contributed by atoms with Gasteiger partial charge in [-0.2, -0.15) is 0 Å². The number of hydrogen-bond donors (Lipinski definition) is 2. The zero-order valence-electron chi connectivity index (χ0n) is 12.8. The summed E-state index contributed by atoms with van der Waals surface area (Å²) in [6.45, 7) is 4.43. The minimum absolute atomic E-state index is 0.0102. The Labute approximate surface area is 121 Å². The molecule has 0 atom stereocenters. The van der Waals surface area contributed by atoms with Crippen molar-refractivity contribution in [2.45, 2.75) is 51.0 Å². The van der Waals surface area contributed by atoms with Gasteiger partial charge >= 0.3 is 6.03 Å². The number of aliphatic hydroxyl groups excluding tert-OH is 1. The van der Waals surface area contributed by atoms with E-state index < -0.39 is 0 Å². The van der Waals surface area contributed by atoms with E-state index in [1.807, 2.05) is 4.90 Å². The predicted octanol–water partition coefficient (Wildman–Crippen LogP) is 1.75. The lowest BCUT2D eigenvalue weighted by Gasteiger charge is -2.42. The van der Waals surface area contributed by atoms with Crippen LogP contribution in [0.15, 0.2) is 0 Å². The van der Waals surface area contributed by atoms with Gasteiger partial charge in [0.15, 0.2) is 0 Å². The van der Waals surface area contributed by atoms with Gasteiger partial charge in [-0.3, -0.25) is 0 Å². The Morgan fingerprint density at radius 3 is 2.35 bits per heavy atom. The number of ether oxygens (including phenoxy) is 1. The summed E-state index contributed by atoms with van der Waals surface area (Å²) < 4.78 is 5.51. The van der Waals surface area contributed by atoms with Gasteiger partial charge in [-0.05, 0) is 43.9 Å². The second kappa shape index (κ2) is 6.31. The number of methoxy groups -OCH3 is 1. The van der Waals surface area contributed by atoms with E-state index in [-0.39, 0.29) is 23.7 Å². The molecule has 1 saturated carbocycles. The molecule has 5 nitrogen and oxygen atoms in total. The minimum Gasteiger partial charge on any atom is -0.396 e. The number of nitrogens with one attached hydrogen (secondary N) is 1. The summed E-state index contributed by atoms with van der Waals surface area (Å²) in [6.07, 6.45) is 6.01. The first-order valence-corrected chi connectivity index (χ1v) is 7.77. The molecule has 0 aromatic carbocycles. The smallest absolute Gasteiger partial charge is 0.317 e. The Hall–Kier alpha value is -0.810. The molecule has 0 aromatic heterocycles. The van der Waals surface area contributed by atoms with Gasteiger partial charge in [0.25, 0.3) is 0 Å². The van der Waals surface area contributed by atoms with E-state index in [2.05, 4.69) is 12.2 Å². The quantitative estimate of drug-likeness (QED) is 0.808. The molecular formula is C15H28N2O3. The van der Waals surface area contributed by atoms with E-state index in [1.54, 1.807) is 7.11 Å². The second-order valence-corrected chi connectivity index (χ2v) is 6.40. The maximum Gasteiger partial charge on any atom is 0.317 e. The van der Waals surface area contributed by atoms with Crippen molar-refractivity contribution in [1.82, 2.24) is 10.2 Å². The average Bonchev–Trinajstić information content (AvgIpc) is 2.46. The molecule has 1 heterocycles. The molecule has 0 spiro atoms. The maximum atomic E-state index is 12.2. The zero-order valence-corrected chi connectivity index (χ0v) is 12.8. The molecule has 5 heteroatoms. The molecule has 116 valence electrons. The number of hydrogen-bond acceptors (Lipinski definition) is 3. The number of urea groups is 1. The van der Waals surface area contributed by atoms with Crippen LogP contribution in [0.3, 0.4) is 0 Å². The maximum absolute atomic E-state index is 12.2. The third kappa shape index (κ3) is 3.09. The molecule has 2 amide bonds. The second-order valence-electron chi connectivity index (χ2n) is 6.40. The summed E-state index contributed by atoms with van der Waals surface area (Å²) in [7, 11) is 1.73. The van der Waals surface area contributed by atoms with E-state index in [9.17, 15) is 9.90 Å². The zero-order chi connectivity index (χ0) is 14.6. The molecule has 1 aliphatic carbocycles. The summed E-state index contributed by atoms with van der Waals surface area (Å²) in [5, 5.41) is 12.5. The normalized spacial score (nSPS) is 24.1. The third-order valence-electron chi connectivity index (χ3n) is 5.46. The van der Waals surface area contributed by atoms with Crippen LogP contribution in [0.1, 0.15) is 45.4 Å². The third-order valence-corrected chi connectivity index (χ3v) is 5.46. The first-order chi connectivity index (χ1) is 9.59. The van der Waals surface area contributed by atoms with Crippen LogP contribution in [0.2, 0.25) is 0 Å². The van der Waals surface area contributed by atoms with Crippen molar-refractivity contribution in [1.29, 1.82) is 0 Å². The van der Waals surface area contributed by atoms with Gasteiger partial charge in [-0.15, -0.1) is 0 Å². The predicted molar refractivity (Wildman–Crippen MR) is 77.6 cm³/mol. The van der Waals surface area contributed by atoms with Crippen LogP contribution in [0.5, 0.6) is 0 Å². The van der Waals surface area contributed by atoms with E-state index in [0.29, 0.717) is 6.54 Å². The molecule has 0 bridgehead atoms. The molecule has 1 aliphatic heterocycles. The summed E-state index contributed by atoms with van der Waals surface area (Å²) in [6, 6.07) is 0.0102. The summed E-state index contributed by atoms with van der Waals surface area (Å²) >= 11 is 0. The molecule has 0 unspecified atom stereocenters. The lowest BCUT2D eigenvalue weighted by atomic mass is 9.77. The first kappa shape index (κ1) is 15.6. The van der Waals surface area contributed by atoms with Gasteiger partial charge in [0.05, 0.1) is 5.60 Å². The van der Waals surface area contributed by atoms with E-state index in [4.69, 9.17) is 4.74 Å². The molecule has 2 rings (SSSR count). The topological polar surface area (TPSA) is 61.8 Å². The molecule has 1 saturated heterocycles. The summed E-state index contributed by atoms with van der Waals surface area (Å²) in [5.41, 5.74) is -0.0950. The van der Waals surface area contributed by atoms with Crippen LogP contribution in [0.4, 0.5) is 4.79 Å². The SMILES string of the molecule is CCC1(CO)CCN(C(=O)NCC2(OC)CCC2)CC1. The van der Waals surface area contributed by atoms with Gasteiger partial charge in [0.2, 0.25) is 0 Å². The molecule has 0 aromatic rings. The fourth-order valence-corrected chi connectivity index (χ4v) is 3.18. The van der Waals surface area contributed by atoms with Gasteiger partial charge in [0.1, 0.15) is 0 Å². The molecule has 2 fully saturated rings. The van der Waals surface area contributed by atoms with Crippen LogP contribution in [-0.4, -0.2) is 55.0 Å². The number of aliphatic hydroxyl groups is 1. The Balaban J connectivity index is 1.77. The number of nitrogens with zero attached hydrogens (tertiary/aromatic N) is 1. The van der Waals surface area contributed by atoms with Crippen LogP contribution < -0.4 is 5.32 Å². The Morgan fingerprint density at radius 1 is 1.30 bits per heavy atom. The van der Waals surface area contributed by atoms with Crippen molar-refractivity contribution >= 4 is 6.03 Å². The van der Waals surface area contributed by atoms with Gasteiger partial charge in [-0.25, -0.2) is 4.79 Å². The standard InChI is InChI=1S/C15H28N2O3/c1-3-14(12-18)7-9-17(10-8-14)13(19)16-11-15(20-2)5-4-6-15/h18H,3-12H2,1-2H3,(H,16,19). The lowest BCUT2D eigenvalue weighted by molar-refractivity contribution is -0.0681. The monoisotopic (exact) mass is 284 g/mol. The molecular weight excluding hydrogens is 256 g/mol. The Kier molecular flexibility index (Phi) is 4.91. The van der Waals surface area contributed by atoms with Crippen LogP contribution in [-0.2, 0) is 4.74 Å². The van der Waals surface area contributed by atoms with Crippen molar-refractivity contribution in [3.8, 4) is 0 Å². The van der Waals surface area contributed by atoms with Crippen molar-refractivity contribution < 1.29 is 14.6 Å². The van der Waals surface area contributed by atoms with Crippen molar-refractivity contribution in [2.75, 3.05) is 33.4 Å². The fourth-order valence-electron chi connectivity index (χ4n) is 3.18. The van der Waals surface area contributed by atoms with Gasteiger partial charge < -0.3 is 20.1 Å². The van der Waals surface area contributed by atoms with Crippen LogP contribution in [0, 0.1) is 5.41 Å². The van der Waals surface area contributed by atoms with E-state index in [1.165, 1.54) is 6.42 Å². The number of amides is 2. The van der Waals surface area contributed by atoms with Crippen molar-refractivity contribution in [3.05, 3.63) is 0 Å². The molecule has 0 radical (unpaired) electrons. The van der Waals surface area contributed by atoms with E-state index >= 15 is 0 Å². The summed E-state index contributed by atoms with van der Waals surface area (Å²) in [5.74, 6) is 0. The van der Waals surface area contributed by atoms with E-state index in [0.717, 1.165) is 45.2 Å². The van der Waals surface area contributed by atoms with Gasteiger partial charge in [0, 0.05) is 33.4 Å². The molecule has 2 N–H and O–H groups in total. The highest BCUT2D eigenvalue weighted by atomic mass is 16.5. The average molecular weight is 284 g/mol. The van der Waals surface area contributed by atoms with Crippen molar-refractivity contribution in [3.63, 3.8) is 0 Å². The van der Waals surface area contributed by atoms with Crippen LogP contribution in [0.25, 0.3) is 0 Å². The van der Waals surface area contributed by atoms with Crippen LogP contribution >= 0.6 is 0 Å². The number of carbonyl (C=O) groups is 1.